The van der Waals surface area contributed by atoms with Gasteiger partial charge in [0.2, 0.25) is 0 Å². The van der Waals surface area contributed by atoms with Crippen molar-refractivity contribution >= 4 is 46.3 Å². The highest BCUT2D eigenvalue weighted by Gasteiger charge is 2.38. The second-order valence-corrected chi connectivity index (χ2v) is 9.29. The first-order chi connectivity index (χ1) is 15.7. The highest BCUT2D eigenvalue weighted by Crippen LogP contribution is 2.44. The van der Waals surface area contributed by atoms with Crippen LogP contribution in [-0.2, 0) is 14.3 Å². The van der Waals surface area contributed by atoms with E-state index in [2.05, 4.69) is 15.6 Å². The van der Waals surface area contributed by atoms with Crippen molar-refractivity contribution < 1.29 is 23.8 Å². The molecule has 2 aliphatic heterocycles. The van der Waals surface area contributed by atoms with Crippen LogP contribution in [0.1, 0.15) is 31.4 Å². The SMILES string of the molecule is CSCC[C@H](Nc1ccc(C2=C/C(=C3\C(=O)Nc4cc(F)ccc43)OC2(C)C)cn1)C(=O)O. The summed E-state index contributed by atoms with van der Waals surface area (Å²) in [5, 5.41) is 15.1. The maximum Gasteiger partial charge on any atom is 0.326 e. The van der Waals surface area contributed by atoms with Gasteiger partial charge in [0.25, 0.3) is 5.91 Å². The zero-order chi connectivity index (χ0) is 23.8. The second kappa shape index (κ2) is 8.90. The van der Waals surface area contributed by atoms with Gasteiger partial charge in [-0.2, -0.15) is 11.8 Å². The van der Waals surface area contributed by atoms with Crippen LogP contribution in [0.4, 0.5) is 15.9 Å². The Morgan fingerprint density at radius 2 is 2.12 bits per heavy atom. The number of pyridine rings is 1. The van der Waals surface area contributed by atoms with E-state index in [1.54, 1.807) is 36.2 Å². The van der Waals surface area contributed by atoms with Gasteiger partial charge in [0.1, 0.15) is 29.0 Å². The molecule has 1 atom stereocenters. The van der Waals surface area contributed by atoms with Crippen LogP contribution in [0.2, 0.25) is 0 Å². The van der Waals surface area contributed by atoms with E-state index in [1.807, 2.05) is 26.2 Å². The Kier molecular flexibility index (Phi) is 6.16. The number of hydrogen-bond acceptors (Lipinski definition) is 6. The lowest BCUT2D eigenvalue weighted by molar-refractivity contribution is -0.138. The van der Waals surface area contributed by atoms with Gasteiger partial charge in [-0.1, -0.05) is 0 Å². The Hall–Kier alpha value is -3.33. The van der Waals surface area contributed by atoms with Crippen LogP contribution in [0.5, 0.6) is 0 Å². The molecule has 0 unspecified atom stereocenters. The van der Waals surface area contributed by atoms with Crippen LogP contribution in [-0.4, -0.2) is 45.6 Å². The van der Waals surface area contributed by atoms with Gasteiger partial charge in [0.15, 0.2) is 0 Å². The number of aromatic nitrogens is 1. The molecule has 3 N–H and O–H groups in total. The standard InChI is InChI=1S/C24H24FN3O4S/c1-24(2)16(13-4-7-20(26-12-13)27-17(23(30)31)8-9-33-3)11-19(32-24)21-15-6-5-14(25)10-18(15)28-22(21)29/h4-7,10-12,17H,8-9H2,1-3H3,(H,26,27)(H,28,29)(H,30,31)/b21-19+/t17-/m0/s1. The first-order valence-corrected chi connectivity index (χ1v) is 11.8. The first kappa shape index (κ1) is 22.8. The molecule has 0 fully saturated rings. The smallest absolute Gasteiger partial charge is 0.326 e. The number of nitrogens with zero attached hydrogens (tertiary/aromatic N) is 1. The Bertz CT molecular complexity index is 1170. The summed E-state index contributed by atoms with van der Waals surface area (Å²) in [6.45, 7) is 3.78. The maximum absolute atomic E-state index is 13.6. The van der Waals surface area contributed by atoms with Gasteiger partial charge in [-0.05, 0) is 68.7 Å². The summed E-state index contributed by atoms with van der Waals surface area (Å²) in [5.74, 6) is -0.1000. The van der Waals surface area contributed by atoms with Crippen molar-refractivity contribution in [2.45, 2.75) is 31.9 Å². The fraction of sp³-hybridized carbons (Fsp3) is 0.292. The molecule has 7 nitrogen and oxygen atoms in total. The lowest BCUT2D eigenvalue weighted by Gasteiger charge is -2.23. The van der Waals surface area contributed by atoms with E-state index >= 15 is 0 Å². The Morgan fingerprint density at radius 3 is 2.79 bits per heavy atom. The van der Waals surface area contributed by atoms with E-state index in [4.69, 9.17) is 4.74 Å². The highest BCUT2D eigenvalue weighted by atomic mass is 32.2. The number of aliphatic carboxylic acids is 1. The van der Waals surface area contributed by atoms with Gasteiger partial charge in [0.05, 0.1) is 11.3 Å². The summed E-state index contributed by atoms with van der Waals surface area (Å²) >= 11 is 1.59. The zero-order valence-electron chi connectivity index (χ0n) is 18.4. The quantitative estimate of drug-likeness (QED) is 0.517. The van der Waals surface area contributed by atoms with Gasteiger partial charge in [-0.15, -0.1) is 0 Å². The van der Waals surface area contributed by atoms with E-state index < -0.39 is 23.4 Å². The molecule has 2 aliphatic rings. The average Bonchev–Trinajstić information content (AvgIpc) is 3.25. The fourth-order valence-corrected chi connectivity index (χ4v) is 4.39. The molecule has 0 aliphatic carbocycles. The third-order valence-corrected chi connectivity index (χ3v) is 6.21. The number of anilines is 2. The summed E-state index contributed by atoms with van der Waals surface area (Å²) in [5.41, 5.74) is 2.24. The number of hydrogen-bond donors (Lipinski definition) is 3. The average molecular weight is 470 g/mol. The first-order valence-electron chi connectivity index (χ1n) is 10.4. The molecule has 1 aromatic carbocycles. The van der Waals surface area contributed by atoms with Crippen molar-refractivity contribution in [1.82, 2.24) is 4.98 Å². The summed E-state index contributed by atoms with van der Waals surface area (Å²) in [4.78, 5) is 28.5. The molecule has 0 spiro atoms. The van der Waals surface area contributed by atoms with Gasteiger partial charge in [-0.25, -0.2) is 14.2 Å². The number of allylic oxidation sites excluding steroid dienone is 1. The summed E-state index contributed by atoms with van der Waals surface area (Å²) in [7, 11) is 0. The monoisotopic (exact) mass is 469 g/mol. The number of carboxylic acid groups (broad SMARTS) is 1. The number of nitrogens with one attached hydrogen (secondary N) is 2. The number of halogens is 1. The Labute approximate surface area is 195 Å². The number of thioether (sulfide) groups is 1. The third-order valence-electron chi connectivity index (χ3n) is 5.57. The van der Waals surface area contributed by atoms with Crippen LogP contribution in [0, 0.1) is 5.82 Å². The number of rotatable bonds is 7. The molecule has 33 heavy (non-hydrogen) atoms. The molecule has 0 radical (unpaired) electrons. The van der Waals surface area contributed by atoms with Gasteiger partial charge in [0, 0.05) is 22.9 Å². The van der Waals surface area contributed by atoms with Gasteiger partial charge < -0.3 is 20.5 Å². The topological polar surface area (TPSA) is 101 Å². The predicted octanol–water partition coefficient (Wildman–Crippen LogP) is 4.39. The largest absolute Gasteiger partial charge is 0.482 e. The molecular weight excluding hydrogens is 445 g/mol. The van der Waals surface area contributed by atoms with E-state index in [9.17, 15) is 19.1 Å². The molecule has 4 rings (SSSR count). The van der Waals surface area contributed by atoms with Crippen molar-refractivity contribution in [2.24, 2.45) is 0 Å². The summed E-state index contributed by atoms with van der Waals surface area (Å²) in [6, 6.07) is 7.00. The lowest BCUT2D eigenvalue weighted by atomic mass is 9.93. The number of ether oxygens (including phenoxy) is 1. The number of carbonyl (C=O) groups excluding carboxylic acids is 1. The van der Waals surface area contributed by atoms with Crippen LogP contribution in [0.25, 0.3) is 11.1 Å². The van der Waals surface area contributed by atoms with E-state index in [0.717, 1.165) is 16.9 Å². The van der Waals surface area contributed by atoms with Crippen molar-refractivity contribution in [2.75, 3.05) is 22.6 Å². The second-order valence-electron chi connectivity index (χ2n) is 8.30. The van der Waals surface area contributed by atoms with Crippen molar-refractivity contribution in [3.05, 3.63) is 65.3 Å². The van der Waals surface area contributed by atoms with Crippen molar-refractivity contribution in [3.63, 3.8) is 0 Å². The molecule has 1 aromatic heterocycles. The van der Waals surface area contributed by atoms with Crippen LogP contribution in [0.3, 0.4) is 0 Å². The third kappa shape index (κ3) is 4.59. The zero-order valence-corrected chi connectivity index (χ0v) is 19.3. The van der Waals surface area contributed by atoms with Gasteiger partial charge >= 0.3 is 5.97 Å². The molecule has 0 saturated heterocycles. The maximum atomic E-state index is 13.6. The number of carbonyl (C=O) groups is 2. The van der Waals surface area contributed by atoms with E-state index in [-0.39, 0.29) is 5.91 Å². The van der Waals surface area contributed by atoms with E-state index in [0.29, 0.717) is 34.8 Å². The minimum absolute atomic E-state index is 0.346. The Morgan fingerprint density at radius 1 is 1.33 bits per heavy atom. The van der Waals surface area contributed by atoms with Crippen molar-refractivity contribution in [1.29, 1.82) is 0 Å². The number of amides is 1. The van der Waals surface area contributed by atoms with Crippen LogP contribution in [0.15, 0.2) is 48.4 Å². The minimum atomic E-state index is -0.922. The number of benzene rings is 1. The molecule has 0 bridgehead atoms. The normalized spacial score (nSPS) is 19.4. The molecule has 0 saturated carbocycles. The van der Waals surface area contributed by atoms with Crippen molar-refractivity contribution in [3.8, 4) is 0 Å². The molecule has 2 aromatic rings. The van der Waals surface area contributed by atoms with Crippen LogP contribution >= 0.6 is 11.8 Å². The summed E-state index contributed by atoms with van der Waals surface area (Å²) < 4.78 is 19.7. The fourth-order valence-electron chi connectivity index (χ4n) is 3.92. The van der Waals surface area contributed by atoms with Crippen LogP contribution < -0.4 is 10.6 Å². The van der Waals surface area contributed by atoms with E-state index in [1.165, 1.54) is 12.1 Å². The number of carboxylic acids is 1. The number of fused-ring (bicyclic) bond motifs is 1. The predicted molar refractivity (Wildman–Crippen MR) is 127 cm³/mol. The minimum Gasteiger partial charge on any atom is -0.482 e. The summed E-state index contributed by atoms with van der Waals surface area (Å²) in [6.07, 6.45) is 5.87. The molecule has 3 heterocycles. The van der Waals surface area contributed by atoms with Gasteiger partial charge in [-0.3, -0.25) is 4.79 Å². The molecule has 1 amide bonds. The highest BCUT2D eigenvalue weighted by molar-refractivity contribution is 7.98. The lowest BCUT2D eigenvalue weighted by Crippen LogP contribution is -2.30. The molecule has 9 heteroatoms. The Balaban J connectivity index is 1.63. The molecular formula is C24H24FN3O4S. The molecule has 172 valence electrons.